The van der Waals surface area contributed by atoms with Gasteiger partial charge >= 0.3 is 0 Å². The van der Waals surface area contributed by atoms with E-state index < -0.39 is 14.9 Å². The molecular weight excluding hydrogens is 305 g/mol. The van der Waals surface area contributed by atoms with Gasteiger partial charge in [-0.1, -0.05) is 13.3 Å². The van der Waals surface area contributed by atoms with Crippen LogP contribution in [0.5, 0.6) is 5.75 Å². The average molecular weight is 320 g/mol. The molecular formula is C13H15ClFNO3S. The molecule has 0 aliphatic heterocycles. The van der Waals surface area contributed by atoms with E-state index in [0.717, 1.165) is 12.5 Å². The van der Waals surface area contributed by atoms with Gasteiger partial charge in [0.25, 0.3) is 0 Å². The first-order valence-electron chi connectivity index (χ1n) is 6.10. The van der Waals surface area contributed by atoms with Crippen LogP contribution in [0.1, 0.15) is 25.3 Å². The summed E-state index contributed by atoms with van der Waals surface area (Å²) in [7, 11) is 1.64. The smallest absolute Gasteiger partial charge is 0.232 e. The van der Waals surface area contributed by atoms with Crippen molar-refractivity contribution in [2.75, 3.05) is 12.4 Å². The Hall–Kier alpha value is -1.32. The molecule has 0 fully saturated rings. The van der Waals surface area contributed by atoms with E-state index in [1.54, 1.807) is 6.07 Å². The Morgan fingerprint density at radius 2 is 2.20 bits per heavy atom. The molecule has 0 saturated heterocycles. The molecule has 0 N–H and O–H groups in total. The van der Waals surface area contributed by atoms with E-state index in [9.17, 15) is 12.8 Å². The molecule has 0 amide bonds. The van der Waals surface area contributed by atoms with Crippen molar-refractivity contribution in [2.24, 2.45) is 5.92 Å². The maximum Gasteiger partial charge on any atom is 0.232 e. The highest BCUT2D eigenvalue weighted by atomic mass is 35.7. The first kappa shape index (κ1) is 16.7. The molecule has 0 aliphatic rings. The molecule has 1 unspecified atom stereocenters. The molecule has 0 radical (unpaired) electrons. The van der Waals surface area contributed by atoms with Gasteiger partial charge in [0.15, 0.2) is 0 Å². The van der Waals surface area contributed by atoms with Crippen molar-refractivity contribution < 1.29 is 17.5 Å². The predicted octanol–water partition coefficient (Wildman–Crippen LogP) is 3.06. The summed E-state index contributed by atoms with van der Waals surface area (Å²) < 4.78 is 40.9. The summed E-state index contributed by atoms with van der Waals surface area (Å²) in [6, 6.07) is 5.61. The molecule has 20 heavy (non-hydrogen) atoms. The summed E-state index contributed by atoms with van der Waals surface area (Å²) in [4.78, 5) is 0. The third kappa shape index (κ3) is 5.76. The Morgan fingerprint density at radius 1 is 1.50 bits per heavy atom. The highest BCUT2D eigenvalue weighted by molar-refractivity contribution is 8.13. The van der Waals surface area contributed by atoms with E-state index in [-0.39, 0.29) is 29.6 Å². The first-order valence-corrected chi connectivity index (χ1v) is 8.58. The molecule has 110 valence electrons. The Kier molecular flexibility index (Phi) is 6.24. The van der Waals surface area contributed by atoms with E-state index in [4.69, 9.17) is 20.7 Å². The predicted molar refractivity (Wildman–Crippen MR) is 74.6 cm³/mol. The lowest BCUT2D eigenvalue weighted by Gasteiger charge is -2.15. The molecule has 0 saturated carbocycles. The molecule has 1 aromatic carbocycles. The van der Waals surface area contributed by atoms with Crippen molar-refractivity contribution in [3.8, 4) is 11.8 Å². The Morgan fingerprint density at radius 3 is 2.70 bits per heavy atom. The lowest BCUT2D eigenvalue weighted by molar-refractivity contribution is 0.252. The highest BCUT2D eigenvalue weighted by Gasteiger charge is 2.17. The molecule has 1 rings (SSSR count). The zero-order valence-electron chi connectivity index (χ0n) is 11.0. The summed E-state index contributed by atoms with van der Waals surface area (Å²) in [5.74, 6) is -0.834. The van der Waals surface area contributed by atoms with Gasteiger partial charge in [0.1, 0.15) is 17.6 Å². The summed E-state index contributed by atoms with van der Waals surface area (Å²) in [6.45, 7) is 2.06. The summed E-state index contributed by atoms with van der Waals surface area (Å²) in [6.07, 6.45) is 1.44. The number of nitriles is 1. The molecule has 0 bridgehead atoms. The van der Waals surface area contributed by atoms with Crippen molar-refractivity contribution in [1.29, 1.82) is 5.26 Å². The van der Waals surface area contributed by atoms with Crippen molar-refractivity contribution in [3.63, 3.8) is 0 Å². The molecule has 0 spiro atoms. The second-order valence-corrected chi connectivity index (χ2v) is 7.25. The third-order valence-corrected chi connectivity index (χ3v) is 3.93. The zero-order valence-corrected chi connectivity index (χ0v) is 12.5. The summed E-state index contributed by atoms with van der Waals surface area (Å²) in [5, 5.41) is 8.61. The summed E-state index contributed by atoms with van der Waals surface area (Å²) >= 11 is 0. The fourth-order valence-corrected chi connectivity index (χ4v) is 3.16. The maximum absolute atomic E-state index is 13.4. The largest absolute Gasteiger partial charge is 0.493 e. The van der Waals surface area contributed by atoms with Crippen LogP contribution in [0, 0.1) is 23.1 Å². The van der Waals surface area contributed by atoms with Gasteiger partial charge in [0.2, 0.25) is 9.05 Å². The quantitative estimate of drug-likeness (QED) is 0.724. The lowest BCUT2D eigenvalue weighted by Crippen LogP contribution is -2.19. The molecule has 0 aliphatic carbocycles. The molecule has 1 atom stereocenters. The van der Waals surface area contributed by atoms with Crippen LogP contribution in [0.2, 0.25) is 0 Å². The van der Waals surface area contributed by atoms with Gasteiger partial charge in [-0.3, -0.25) is 0 Å². The van der Waals surface area contributed by atoms with Crippen molar-refractivity contribution in [1.82, 2.24) is 0 Å². The minimum absolute atomic E-state index is 0.0641. The number of benzene rings is 1. The van der Waals surface area contributed by atoms with E-state index in [2.05, 4.69) is 0 Å². The number of rotatable bonds is 7. The fourth-order valence-electron chi connectivity index (χ4n) is 1.79. The average Bonchev–Trinajstić information content (AvgIpc) is 2.34. The zero-order chi connectivity index (χ0) is 15.2. The topological polar surface area (TPSA) is 67.2 Å². The van der Waals surface area contributed by atoms with Crippen LogP contribution in [-0.2, 0) is 9.05 Å². The highest BCUT2D eigenvalue weighted by Crippen LogP contribution is 2.19. The number of hydrogen-bond acceptors (Lipinski definition) is 4. The van der Waals surface area contributed by atoms with Crippen molar-refractivity contribution >= 4 is 19.7 Å². The van der Waals surface area contributed by atoms with Gasteiger partial charge < -0.3 is 4.74 Å². The van der Waals surface area contributed by atoms with Gasteiger partial charge in [-0.25, -0.2) is 12.8 Å². The van der Waals surface area contributed by atoms with Gasteiger partial charge in [-0.2, -0.15) is 5.26 Å². The van der Waals surface area contributed by atoms with Crippen LogP contribution in [0.15, 0.2) is 18.2 Å². The van der Waals surface area contributed by atoms with Gasteiger partial charge in [-0.15, -0.1) is 0 Å². The van der Waals surface area contributed by atoms with Crippen LogP contribution in [0.4, 0.5) is 4.39 Å². The molecule has 4 nitrogen and oxygen atoms in total. The van der Waals surface area contributed by atoms with E-state index in [0.29, 0.717) is 6.42 Å². The van der Waals surface area contributed by atoms with Gasteiger partial charge in [0.05, 0.1) is 17.9 Å². The Labute approximate surface area is 122 Å². The second-order valence-electron chi connectivity index (χ2n) is 4.42. The fraction of sp³-hybridized carbons (Fsp3) is 0.462. The standard InChI is InChI=1S/C13H15ClFNO3S/c1-2-3-10(9-20(14,17)18)8-19-12-5-4-11(7-16)13(15)6-12/h4-6,10H,2-3,8-9H2,1H3. The second kappa shape index (κ2) is 7.46. The Balaban J connectivity index is 2.68. The minimum atomic E-state index is -3.59. The number of hydrogen-bond donors (Lipinski definition) is 0. The molecule has 0 heterocycles. The van der Waals surface area contributed by atoms with Crippen LogP contribution >= 0.6 is 10.7 Å². The van der Waals surface area contributed by atoms with E-state index >= 15 is 0 Å². The molecule has 0 aromatic heterocycles. The van der Waals surface area contributed by atoms with Gasteiger partial charge in [-0.05, 0) is 18.6 Å². The number of ether oxygens (including phenoxy) is 1. The van der Waals surface area contributed by atoms with Gasteiger partial charge in [0, 0.05) is 22.7 Å². The molecule has 7 heteroatoms. The first-order chi connectivity index (χ1) is 9.35. The SMILES string of the molecule is CCCC(COc1ccc(C#N)c(F)c1)CS(=O)(=O)Cl. The number of halogens is 2. The maximum atomic E-state index is 13.4. The normalized spacial score (nSPS) is 12.7. The van der Waals surface area contributed by atoms with Crippen LogP contribution in [0.3, 0.4) is 0 Å². The lowest BCUT2D eigenvalue weighted by atomic mass is 10.1. The summed E-state index contributed by atoms with van der Waals surface area (Å²) in [5.41, 5.74) is -0.0641. The van der Waals surface area contributed by atoms with Crippen molar-refractivity contribution in [2.45, 2.75) is 19.8 Å². The van der Waals surface area contributed by atoms with E-state index in [1.165, 1.54) is 12.1 Å². The minimum Gasteiger partial charge on any atom is -0.493 e. The Bertz CT molecular complexity index is 598. The van der Waals surface area contributed by atoms with Crippen LogP contribution < -0.4 is 4.74 Å². The monoisotopic (exact) mass is 319 g/mol. The van der Waals surface area contributed by atoms with Crippen LogP contribution in [-0.4, -0.2) is 20.8 Å². The third-order valence-electron chi connectivity index (χ3n) is 2.68. The number of nitrogens with zero attached hydrogens (tertiary/aromatic N) is 1. The van der Waals surface area contributed by atoms with E-state index in [1.807, 2.05) is 6.92 Å². The van der Waals surface area contributed by atoms with Crippen molar-refractivity contribution in [3.05, 3.63) is 29.6 Å². The molecule has 1 aromatic rings. The van der Waals surface area contributed by atoms with Crippen LogP contribution in [0.25, 0.3) is 0 Å².